The zero-order chi connectivity index (χ0) is 14.1. The summed E-state index contributed by atoms with van der Waals surface area (Å²) >= 11 is 11.4. The molecule has 0 amide bonds. The summed E-state index contributed by atoms with van der Waals surface area (Å²) in [5.74, 6) is 1.40. The Bertz CT molecular complexity index is 632. The first-order valence-corrected chi connectivity index (χ1v) is 8.29. The van der Waals surface area contributed by atoms with Gasteiger partial charge in [0.25, 0.3) is 0 Å². The van der Waals surface area contributed by atoms with Crippen LogP contribution in [0.5, 0.6) is 11.5 Å². The molecule has 0 radical (unpaired) electrons. The van der Waals surface area contributed by atoms with Crippen molar-refractivity contribution in [3.05, 3.63) is 43.5 Å². The maximum atomic E-state index is 6.34. The van der Waals surface area contributed by atoms with Gasteiger partial charge in [0.2, 0.25) is 0 Å². The molecule has 1 atom stereocenters. The van der Waals surface area contributed by atoms with Gasteiger partial charge in [-0.2, -0.15) is 0 Å². The number of halogens is 2. The highest BCUT2D eigenvalue weighted by Crippen LogP contribution is 2.39. The number of rotatable bonds is 2. The van der Waals surface area contributed by atoms with E-state index >= 15 is 0 Å². The van der Waals surface area contributed by atoms with E-state index < -0.39 is 0 Å². The minimum absolute atomic E-state index is 0.276. The first kappa shape index (κ1) is 14.2. The van der Waals surface area contributed by atoms with E-state index in [-0.39, 0.29) is 6.04 Å². The third kappa shape index (κ3) is 2.81. The maximum absolute atomic E-state index is 6.34. The second-order valence-electron chi connectivity index (χ2n) is 4.53. The summed E-state index contributed by atoms with van der Waals surface area (Å²) in [5, 5.41) is 2.62. The van der Waals surface area contributed by atoms with E-state index in [4.69, 9.17) is 26.8 Å². The van der Waals surface area contributed by atoms with Crippen LogP contribution in [0.2, 0.25) is 5.02 Å². The van der Waals surface area contributed by atoms with Gasteiger partial charge in [0.15, 0.2) is 11.5 Å². The summed E-state index contributed by atoms with van der Waals surface area (Å²) < 4.78 is 12.4. The summed E-state index contributed by atoms with van der Waals surface area (Å²) in [6.45, 7) is 1.29. The van der Waals surface area contributed by atoms with E-state index in [0.29, 0.717) is 29.7 Å². The quantitative estimate of drug-likeness (QED) is 0.848. The van der Waals surface area contributed by atoms with Crippen LogP contribution >= 0.6 is 38.9 Å². The van der Waals surface area contributed by atoms with Crippen LogP contribution in [0.3, 0.4) is 0 Å². The van der Waals surface area contributed by atoms with Crippen molar-refractivity contribution < 1.29 is 9.47 Å². The molecule has 106 valence electrons. The molecule has 0 saturated heterocycles. The number of thiophene rings is 1. The predicted octanol–water partition coefficient (Wildman–Crippen LogP) is 4.37. The number of hydrogen-bond acceptors (Lipinski definition) is 4. The average molecular weight is 375 g/mol. The Balaban J connectivity index is 1.99. The third-order valence-corrected chi connectivity index (χ3v) is 5.00. The zero-order valence-corrected chi connectivity index (χ0v) is 13.7. The number of fused-ring (bicyclic) bond motifs is 1. The van der Waals surface area contributed by atoms with Crippen LogP contribution in [-0.4, -0.2) is 13.2 Å². The number of nitrogens with two attached hydrogens (primary N) is 1. The van der Waals surface area contributed by atoms with Crippen molar-refractivity contribution in [1.29, 1.82) is 0 Å². The van der Waals surface area contributed by atoms with Crippen LogP contribution < -0.4 is 15.2 Å². The Morgan fingerprint density at radius 2 is 1.90 bits per heavy atom. The van der Waals surface area contributed by atoms with Crippen LogP contribution in [0.1, 0.15) is 23.6 Å². The Hall–Kier alpha value is -0.750. The third-order valence-electron chi connectivity index (χ3n) is 3.15. The highest BCUT2D eigenvalue weighted by atomic mass is 79.9. The van der Waals surface area contributed by atoms with Crippen molar-refractivity contribution in [2.75, 3.05) is 13.2 Å². The van der Waals surface area contributed by atoms with Crippen molar-refractivity contribution in [2.24, 2.45) is 5.73 Å². The maximum Gasteiger partial charge on any atom is 0.162 e. The molecule has 0 spiro atoms. The molecule has 1 aromatic heterocycles. The Morgan fingerprint density at radius 3 is 2.55 bits per heavy atom. The lowest BCUT2D eigenvalue weighted by molar-refractivity contribution is 0.297. The lowest BCUT2D eigenvalue weighted by Crippen LogP contribution is -2.12. The molecule has 1 aliphatic heterocycles. The normalized spacial score (nSPS) is 15.8. The van der Waals surface area contributed by atoms with Gasteiger partial charge in [-0.25, -0.2) is 0 Å². The van der Waals surface area contributed by atoms with E-state index in [1.807, 2.05) is 17.5 Å². The Morgan fingerprint density at radius 1 is 1.20 bits per heavy atom. The molecule has 0 bridgehead atoms. The fourth-order valence-electron chi connectivity index (χ4n) is 2.10. The van der Waals surface area contributed by atoms with Crippen molar-refractivity contribution >= 4 is 38.9 Å². The van der Waals surface area contributed by atoms with Crippen LogP contribution in [0.25, 0.3) is 0 Å². The standard InChI is InChI=1S/C14H13BrClNO2S/c15-13-4-8(7-20-13)14(17)9-5-11-12(6-10(9)16)19-3-1-2-18-11/h4-7,14H,1-3,17H2. The van der Waals surface area contributed by atoms with Crippen LogP contribution in [0.4, 0.5) is 0 Å². The molecule has 3 nitrogen and oxygen atoms in total. The molecule has 0 saturated carbocycles. The van der Waals surface area contributed by atoms with E-state index in [2.05, 4.69) is 15.9 Å². The SMILES string of the molecule is NC(c1csc(Br)c1)c1cc2c(cc1Cl)OCCCO2. The Labute approximate surface area is 134 Å². The van der Waals surface area contributed by atoms with Gasteiger partial charge in [-0.05, 0) is 44.6 Å². The summed E-state index contributed by atoms with van der Waals surface area (Å²) in [7, 11) is 0. The van der Waals surface area contributed by atoms with Gasteiger partial charge in [0.05, 0.1) is 23.0 Å². The minimum Gasteiger partial charge on any atom is -0.490 e. The fourth-order valence-corrected chi connectivity index (χ4v) is 3.59. The lowest BCUT2D eigenvalue weighted by atomic mass is 10.0. The molecule has 1 aromatic carbocycles. The first-order chi connectivity index (χ1) is 9.65. The summed E-state index contributed by atoms with van der Waals surface area (Å²) in [6.07, 6.45) is 0.866. The largest absolute Gasteiger partial charge is 0.490 e. The molecule has 1 aliphatic rings. The molecule has 20 heavy (non-hydrogen) atoms. The van der Waals surface area contributed by atoms with E-state index in [1.165, 1.54) is 0 Å². The highest BCUT2D eigenvalue weighted by Gasteiger charge is 2.19. The molecule has 2 aromatic rings. The number of ether oxygens (including phenoxy) is 2. The van der Waals surface area contributed by atoms with Gasteiger partial charge in [-0.3, -0.25) is 0 Å². The van der Waals surface area contributed by atoms with Gasteiger partial charge in [-0.15, -0.1) is 11.3 Å². The summed E-state index contributed by atoms with van der Waals surface area (Å²) in [6, 6.07) is 5.41. The zero-order valence-electron chi connectivity index (χ0n) is 10.6. The van der Waals surface area contributed by atoms with E-state index in [1.54, 1.807) is 17.4 Å². The molecular formula is C14H13BrClNO2S. The van der Waals surface area contributed by atoms with Crippen molar-refractivity contribution in [3.8, 4) is 11.5 Å². The molecular weight excluding hydrogens is 362 g/mol. The van der Waals surface area contributed by atoms with Gasteiger partial charge in [0, 0.05) is 17.5 Å². The molecule has 0 aliphatic carbocycles. The van der Waals surface area contributed by atoms with Crippen molar-refractivity contribution in [2.45, 2.75) is 12.5 Å². The molecule has 1 unspecified atom stereocenters. The monoisotopic (exact) mass is 373 g/mol. The Kier molecular flexibility index (Phi) is 4.21. The minimum atomic E-state index is -0.276. The van der Waals surface area contributed by atoms with Crippen molar-refractivity contribution in [3.63, 3.8) is 0 Å². The molecule has 2 N–H and O–H groups in total. The van der Waals surface area contributed by atoms with Gasteiger partial charge in [-0.1, -0.05) is 11.6 Å². The van der Waals surface area contributed by atoms with Gasteiger partial charge in [0.1, 0.15) is 0 Å². The second kappa shape index (κ2) is 5.93. The first-order valence-electron chi connectivity index (χ1n) is 6.23. The molecule has 3 rings (SSSR count). The molecule has 6 heteroatoms. The van der Waals surface area contributed by atoms with E-state index in [9.17, 15) is 0 Å². The topological polar surface area (TPSA) is 44.5 Å². The second-order valence-corrected chi connectivity index (χ2v) is 7.23. The van der Waals surface area contributed by atoms with Crippen LogP contribution in [0.15, 0.2) is 27.4 Å². The average Bonchev–Trinajstić information content (AvgIpc) is 2.73. The number of hydrogen-bond donors (Lipinski definition) is 1. The fraction of sp³-hybridized carbons (Fsp3) is 0.286. The molecule has 0 fully saturated rings. The highest BCUT2D eigenvalue weighted by molar-refractivity contribution is 9.11. The summed E-state index contributed by atoms with van der Waals surface area (Å²) in [5.41, 5.74) is 8.18. The van der Waals surface area contributed by atoms with Crippen molar-refractivity contribution in [1.82, 2.24) is 0 Å². The van der Waals surface area contributed by atoms with Gasteiger partial charge >= 0.3 is 0 Å². The smallest absolute Gasteiger partial charge is 0.162 e. The van der Waals surface area contributed by atoms with E-state index in [0.717, 1.165) is 21.3 Å². The lowest BCUT2D eigenvalue weighted by Gasteiger charge is -2.16. The predicted molar refractivity (Wildman–Crippen MR) is 85.1 cm³/mol. The van der Waals surface area contributed by atoms with Gasteiger partial charge < -0.3 is 15.2 Å². The molecule has 2 heterocycles. The summed E-state index contributed by atoms with van der Waals surface area (Å²) in [4.78, 5) is 0. The van der Waals surface area contributed by atoms with Crippen LogP contribution in [0, 0.1) is 0 Å². The van der Waals surface area contributed by atoms with Crippen LogP contribution in [-0.2, 0) is 0 Å². The number of benzene rings is 1.